The number of nitrogens with one attached hydrogen (secondary N) is 1. The Hall–Kier alpha value is -2.06. The number of anilines is 2. The summed E-state index contributed by atoms with van der Waals surface area (Å²) in [5, 5.41) is 12.5. The number of nitrogen functional groups attached to an aromatic ring is 1. The molecule has 0 radical (unpaired) electrons. The van der Waals surface area contributed by atoms with Crippen molar-refractivity contribution >= 4 is 45.4 Å². The standard InChI is InChI=1S/C14H15N3O3S2/c1-7-2-3-9(21-7)12(18)16-13-11(15)8-4-5-17(14(19)20)6-10(8)22-13/h2-3H,4-6,15H2,1H3,(H,16,18)(H,19,20). The molecule has 3 heterocycles. The lowest BCUT2D eigenvalue weighted by atomic mass is 10.1. The number of aryl methyl sites for hydroxylation is 1. The summed E-state index contributed by atoms with van der Waals surface area (Å²) in [6, 6.07) is 3.68. The molecule has 0 fully saturated rings. The summed E-state index contributed by atoms with van der Waals surface area (Å²) in [6.45, 7) is 2.70. The van der Waals surface area contributed by atoms with Crippen LogP contribution in [0.5, 0.6) is 0 Å². The van der Waals surface area contributed by atoms with Gasteiger partial charge in [-0.05, 0) is 31.0 Å². The van der Waals surface area contributed by atoms with Gasteiger partial charge in [-0.15, -0.1) is 22.7 Å². The van der Waals surface area contributed by atoms with Crippen LogP contribution >= 0.6 is 22.7 Å². The van der Waals surface area contributed by atoms with Gasteiger partial charge in [0.1, 0.15) is 5.00 Å². The van der Waals surface area contributed by atoms with Crippen molar-refractivity contribution in [1.82, 2.24) is 4.90 Å². The van der Waals surface area contributed by atoms with Gasteiger partial charge in [-0.1, -0.05) is 0 Å². The third-order valence-corrected chi connectivity index (χ3v) is 5.71. The summed E-state index contributed by atoms with van der Waals surface area (Å²) in [4.78, 5) is 27.2. The molecule has 0 unspecified atom stereocenters. The van der Waals surface area contributed by atoms with Crippen molar-refractivity contribution in [3.05, 3.63) is 32.3 Å². The fourth-order valence-corrected chi connectivity index (χ4v) is 4.35. The molecule has 0 aromatic carbocycles. The van der Waals surface area contributed by atoms with Gasteiger partial charge < -0.3 is 21.1 Å². The molecular formula is C14H15N3O3S2. The molecule has 1 aliphatic heterocycles. The minimum atomic E-state index is -0.933. The van der Waals surface area contributed by atoms with Gasteiger partial charge in [0.05, 0.1) is 17.1 Å². The third-order valence-electron chi connectivity index (χ3n) is 3.56. The van der Waals surface area contributed by atoms with Crippen LogP contribution in [0.25, 0.3) is 0 Å². The van der Waals surface area contributed by atoms with E-state index >= 15 is 0 Å². The average molecular weight is 337 g/mol. The Morgan fingerprint density at radius 3 is 2.77 bits per heavy atom. The largest absolute Gasteiger partial charge is 0.465 e. The molecule has 0 atom stereocenters. The average Bonchev–Trinajstić information content (AvgIpc) is 3.03. The van der Waals surface area contributed by atoms with E-state index in [1.165, 1.54) is 27.6 Å². The molecule has 2 aromatic heterocycles. The lowest BCUT2D eigenvalue weighted by molar-refractivity contribution is 0.103. The highest BCUT2D eigenvalue weighted by Crippen LogP contribution is 2.39. The number of nitrogens with two attached hydrogens (primary N) is 1. The molecule has 8 heteroatoms. The van der Waals surface area contributed by atoms with Crippen molar-refractivity contribution < 1.29 is 14.7 Å². The molecule has 2 aromatic rings. The van der Waals surface area contributed by atoms with E-state index in [1.54, 1.807) is 6.07 Å². The molecule has 0 saturated carbocycles. The van der Waals surface area contributed by atoms with Crippen LogP contribution in [-0.4, -0.2) is 28.6 Å². The summed E-state index contributed by atoms with van der Waals surface area (Å²) >= 11 is 2.78. The zero-order valence-corrected chi connectivity index (χ0v) is 13.5. The molecule has 116 valence electrons. The van der Waals surface area contributed by atoms with Crippen LogP contribution in [0, 0.1) is 6.92 Å². The van der Waals surface area contributed by atoms with Crippen LogP contribution in [0.4, 0.5) is 15.5 Å². The number of hydrogen-bond acceptors (Lipinski definition) is 5. The smallest absolute Gasteiger partial charge is 0.407 e. The second-order valence-electron chi connectivity index (χ2n) is 5.07. The topological polar surface area (TPSA) is 95.7 Å². The van der Waals surface area contributed by atoms with Crippen molar-refractivity contribution in [1.29, 1.82) is 0 Å². The Balaban J connectivity index is 1.81. The maximum atomic E-state index is 12.2. The summed E-state index contributed by atoms with van der Waals surface area (Å²) in [5.74, 6) is -0.182. The molecule has 6 nitrogen and oxygen atoms in total. The second-order valence-corrected chi connectivity index (χ2v) is 7.46. The Bertz CT molecular complexity index is 751. The summed E-state index contributed by atoms with van der Waals surface area (Å²) in [7, 11) is 0. The van der Waals surface area contributed by atoms with E-state index < -0.39 is 6.09 Å². The number of carbonyl (C=O) groups excluding carboxylic acids is 1. The van der Waals surface area contributed by atoms with Crippen molar-refractivity contribution in [3.63, 3.8) is 0 Å². The van der Waals surface area contributed by atoms with Crippen LogP contribution in [-0.2, 0) is 13.0 Å². The van der Waals surface area contributed by atoms with Crippen LogP contribution in [0.3, 0.4) is 0 Å². The maximum Gasteiger partial charge on any atom is 0.407 e. The number of rotatable bonds is 2. The molecule has 0 bridgehead atoms. The van der Waals surface area contributed by atoms with Gasteiger partial charge in [-0.3, -0.25) is 4.79 Å². The zero-order valence-electron chi connectivity index (χ0n) is 11.9. The Labute approximate surface area is 135 Å². The van der Waals surface area contributed by atoms with Crippen LogP contribution in [0.1, 0.15) is 25.0 Å². The van der Waals surface area contributed by atoms with E-state index in [-0.39, 0.29) is 5.91 Å². The predicted molar refractivity (Wildman–Crippen MR) is 87.9 cm³/mol. The van der Waals surface area contributed by atoms with Gasteiger partial charge in [0.2, 0.25) is 0 Å². The molecule has 3 rings (SSSR count). The summed E-state index contributed by atoms with van der Waals surface area (Å²) in [6.07, 6.45) is -0.352. The highest BCUT2D eigenvalue weighted by molar-refractivity contribution is 7.17. The first kappa shape index (κ1) is 14.9. The molecule has 2 amide bonds. The van der Waals surface area contributed by atoms with Gasteiger partial charge in [-0.2, -0.15) is 0 Å². The lowest BCUT2D eigenvalue weighted by Crippen LogP contribution is -2.34. The Morgan fingerprint density at radius 2 is 2.14 bits per heavy atom. The molecule has 4 N–H and O–H groups in total. The fraction of sp³-hybridized carbons (Fsp3) is 0.286. The normalized spacial score (nSPS) is 13.8. The fourth-order valence-electron chi connectivity index (χ4n) is 2.41. The number of hydrogen-bond donors (Lipinski definition) is 3. The quantitative estimate of drug-likeness (QED) is 0.785. The summed E-state index contributed by atoms with van der Waals surface area (Å²) < 4.78 is 0. The van der Waals surface area contributed by atoms with Gasteiger partial charge in [0, 0.05) is 16.3 Å². The van der Waals surface area contributed by atoms with E-state index in [2.05, 4.69) is 5.32 Å². The minimum Gasteiger partial charge on any atom is -0.465 e. The SMILES string of the molecule is Cc1ccc(C(=O)Nc2sc3c(c2N)CCN(C(=O)O)C3)s1. The highest BCUT2D eigenvalue weighted by atomic mass is 32.1. The maximum absolute atomic E-state index is 12.2. The number of thiophene rings is 2. The molecule has 0 saturated heterocycles. The predicted octanol–water partition coefficient (Wildman–Crippen LogP) is 2.99. The zero-order chi connectivity index (χ0) is 15.9. The number of amides is 2. The minimum absolute atomic E-state index is 0.182. The van der Waals surface area contributed by atoms with Gasteiger partial charge in [0.25, 0.3) is 5.91 Å². The van der Waals surface area contributed by atoms with E-state index in [0.29, 0.717) is 35.1 Å². The second kappa shape index (κ2) is 5.62. The Kier molecular flexibility index (Phi) is 3.79. The first-order valence-corrected chi connectivity index (χ1v) is 8.34. The van der Waals surface area contributed by atoms with E-state index in [1.807, 2.05) is 13.0 Å². The number of carboxylic acid groups (broad SMARTS) is 1. The van der Waals surface area contributed by atoms with Gasteiger partial charge in [0.15, 0.2) is 0 Å². The van der Waals surface area contributed by atoms with E-state index in [9.17, 15) is 9.59 Å². The lowest BCUT2D eigenvalue weighted by Gasteiger charge is -2.23. The van der Waals surface area contributed by atoms with Gasteiger partial charge in [-0.25, -0.2) is 4.79 Å². The molecule has 1 aliphatic rings. The van der Waals surface area contributed by atoms with Crippen molar-refractivity contribution in [2.75, 3.05) is 17.6 Å². The first-order valence-electron chi connectivity index (χ1n) is 6.71. The summed E-state index contributed by atoms with van der Waals surface area (Å²) in [5.41, 5.74) is 7.63. The molecular weight excluding hydrogens is 322 g/mol. The van der Waals surface area contributed by atoms with Gasteiger partial charge >= 0.3 is 6.09 Å². The van der Waals surface area contributed by atoms with Crippen LogP contribution in [0.15, 0.2) is 12.1 Å². The molecule has 0 aliphatic carbocycles. The molecule has 22 heavy (non-hydrogen) atoms. The highest BCUT2D eigenvalue weighted by Gasteiger charge is 2.26. The van der Waals surface area contributed by atoms with Crippen molar-refractivity contribution in [2.45, 2.75) is 19.9 Å². The number of carbonyl (C=O) groups is 2. The number of fused-ring (bicyclic) bond motifs is 1. The third kappa shape index (κ3) is 2.67. The van der Waals surface area contributed by atoms with Crippen LogP contribution in [0.2, 0.25) is 0 Å². The van der Waals surface area contributed by atoms with Crippen molar-refractivity contribution in [3.8, 4) is 0 Å². The number of nitrogens with zero attached hydrogens (tertiary/aromatic N) is 1. The van der Waals surface area contributed by atoms with Crippen LogP contribution < -0.4 is 11.1 Å². The van der Waals surface area contributed by atoms with Crippen molar-refractivity contribution in [2.24, 2.45) is 0 Å². The van der Waals surface area contributed by atoms with E-state index in [4.69, 9.17) is 10.8 Å². The first-order chi connectivity index (χ1) is 10.5. The van der Waals surface area contributed by atoms with E-state index in [0.717, 1.165) is 15.3 Å². The Morgan fingerprint density at radius 1 is 1.36 bits per heavy atom. The molecule has 0 spiro atoms. The monoisotopic (exact) mass is 337 g/mol.